The molecule has 5 nitrogen and oxygen atoms in total. The van der Waals surface area contributed by atoms with E-state index in [1.54, 1.807) is 7.11 Å². The first-order chi connectivity index (χ1) is 12.1. The van der Waals surface area contributed by atoms with Crippen molar-refractivity contribution >= 4 is 11.6 Å². The van der Waals surface area contributed by atoms with E-state index in [0.717, 1.165) is 39.5 Å². The summed E-state index contributed by atoms with van der Waals surface area (Å²) in [4.78, 5) is 17.1. The molecule has 128 valence electrons. The molecule has 1 amide bonds. The number of nitrogens with one attached hydrogen (secondary N) is 1. The lowest BCUT2D eigenvalue weighted by Gasteiger charge is -2.19. The monoisotopic (exact) mass is 335 g/mol. The molecule has 1 N–H and O–H groups in total. The van der Waals surface area contributed by atoms with E-state index in [0.29, 0.717) is 13.0 Å². The summed E-state index contributed by atoms with van der Waals surface area (Å²) in [5.41, 5.74) is 6.21. The quantitative estimate of drug-likeness (QED) is 0.783. The molecule has 1 aliphatic rings. The van der Waals surface area contributed by atoms with Gasteiger partial charge in [0.25, 0.3) is 0 Å². The van der Waals surface area contributed by atoms with Gasteiger partial charge in [-0.3, -0.25) is 4.79 Å². The number of hydrogen-bond donors (Lipinski definition) is 1. The molecule has 0 radical (unpaired) electrons. The Labute approximate surface area is 146 Å². The zero-order valence-corrected chi connectivity index (χ0v) is 14.7. The van der Waals surface area contributed by atoms with Crippen LogP contribution in [0.3, 0.4) is 0 Å². The lowest BCUT2D eigenvalue weighted by Crippen LogP contribution is -2.21. The summed E-state index contributed by atoms with van der Waals surface area (Å²) in [6.45, 7) is 4.56. The standard InChI is InChI=1S/C20H21N3O2/c1-12-4-6-14(17(8-12)25-3)15-9-19(24)21-10-16-20(15)23-11-13(2)5-7-18(23)22-16/h4-8,11,15H,9-10H2,1-3H3,(H,21,24)/t15-/m1/s1. The lowest BCUT2D eigenvalue weighted by atomic mass is 9.90. The second-order valence-electron chi connectivity index (χ2n) is 6.66. The fourth-order valence-electron chi connectivity index (χ4n) is 3.62. The van der Waals surface area contributed by atoms with E-state index in [1.807, 2.05) is 19.1 Å². The zero-order valence-electron chi connectivity index (χ0n) is 14.7. The van der Waals surface area contributed by atoms with Crippen LogP contribution in [0, 0.1) is 13.8 Å². The van der Waals surface area contributed by atoms with Gasteiger partial charge < -0.3 is 14.5 Å². The van der Waals surface area contributed by atoms with E-state index in [4.69, 9.17) is 9.72 Å². The maximum atomic E-state index is 12.3. The van der Waals surface area contributed by atoms with Gasteiger partial charge in [-0.2, -0.15) is 0 Å². The Morgan fingerprint density at radius 2 is 2.00 bits per heavy atom. The summed E-state index contributed by atoms with van der Waals surface area (Å²) in [6.07, 6.45) is 2.47. The van der Waals surface area contributed by atoms with Crippen molar-refractivity contribution in [2.75, 3.05) is 7.11 Å². The minimum atomic E-state index is -0.0927. The average Bonchev–Trinajstić information content (AvgIpc) is 2.86. The number of nitrogens with zero attached hydrogens (tertiary/aromatic N) is 2. The molecular formula is C20H21N3O2. The molecule has 0 spiro atoms. The molecule has 1 atom stereocenters. The molecule has 0 fully saturated rings. The van der Waals surface area contributed by atoms with Crippen LogP contribution in [0.25, 0.3) is 5.65 Å². The molecule has 0 aliphatic carbocycles. The Balaban J connectivity index is 1.98. The van der Waals surface area contributed by atoms with Crippen LogP contribution in [0.1, 0.15) is 40.4 Å². The summed E-state index contributed by atoms with van der Waals surface area (Å²) in [7, 11) is 1.68. The Kier molecular flexibility index (Phi) is 3.71. The molecule has 0 bridgehead atoms. The van der Waals surface area contributed by atoms with Gasteiger partial charge in [-0.1, -0.05) is 18.2 Å². The third kappa shape index (κ3) is 2.65. The highest BCUT2D eigenvalue weighted by atomic mass is 16.5. The third-order valence-corrected chi connectivity index (χ3v) is 4.82. The number of hydrogen-bond acceptors (Lipinski definition) is 3. The third-order valence-electron chi connectivity index (χ3n) is 4.82. The smallest absolute Gasteiger partial charge is 0.221 e. The van der Waals surface area contributed by atoms with Crippen LogP contribution in [0.4, 0.5) is 0 Å². The normalized spacial score (nSPS) is 17.1. The Morgan fingerprint density at radius 3 is 2.80 bits per heavy atom. The minimum absolute atomic E-state index is 0.0343. The molecule has 0 unspecified atom stereocenters. The van der Waals surface area contributed by atoms with Crippen molar-refractivity contribution in [1.82, 2.24) is 14.7 Å². The number of methoxy groups -OCH3 is 1. The Hall–Kier alpha value is -2.82. The van der Waals surface area contributed by atoms with Crippen molar-refractivity contribution in [3.63, 3.8) is 0 Å². The first-order valence-electron chi connectivity index (χ1n) is 8.45. The second kappa shape index (κ2) is 5.92. The highest BCUT2D eigenvalue weighted by Crippen LogP contribution is 2.38. The second-order valence-corrected chi connectivity index (χ2v) is 6.66. The van der Waals surface area contributed by atoms with Crippen LogP contribution >= 0.6 is 0 Å². The van der Waals surface area contributed by atoms with Crippen molar-refractivity contribution < 1.29 is 9.53 Å². The van der Waals surface area contributed by atoms with E-state index in [9.17, 15) is 4.79 Å². The Bertz CT molecular complexity index is 974. The molecule has 3 aromatic rings. The van der Waals surface area contributed by atoms with Gasteiger partial charge in [0.15, 0.2) is 0 Å². The van der Waals surface area contributed by atoms with Gasteiger partial charge in [0.1, 0.15) is 11.4 Å². The maximum absolute atomic E-state index is 12.3. The summed E-state index contributed by atoms with van der Waals surface area (Å²) in [5, 5.41) is 2.97. The SMILES string of the molecule is COc1cc(C)ccc1[C@H]1CC(=O)NCc2nc3ccc(C)cn3c21. The fraction of sp³-hybridized carbons (Fsp3) is 0.300. The van der Waals surface area contributed by atoms with Gasteiger partial charge >= 0.3 is 0 Å². The van der Waals surface area contributed by atoms with E-state index in [1.165, 1.54) is 0 Å². The van der Waals surface area contributed by atoms with Crippen LogP contribution < -0.4 is 10.1 Å². The van der Waals surface area contributed by atoms with E-state index in [2.05, 4.69) is 41.0 Å². The van der Waals surface area contributed by atoms with Crippen molar-refractivity contribution in [1.29, 1.82) is 0 Å². The van der Waals surface area contributed by atoms with Gasteiger partial charge in [0.05, 0.1) is 25.0 Å². The predicted molar refractivity (Wildman–Crippen MR) is 96.0 cm³/mol. The van der Waals surface area contributed by atoms with Crippen molar-refractivity contribution in [3.05, 3.63) is 64.6 Å². The average molecular weight is 335 g/mol. The Morgan fingerprint density at radius 1 is 1.20 bits per heavy atom. The van der Waals surface area contributed by atoms with Gasteiger partial charge in [-0.15, -0.1) is 0 Å². The maximum Gasteiger partial charge on any atom is 0.221 e. The highest BCUT2D eigenvalue weighted by Gasteiger charge is 2.30. The molecule has 0 saturated heterocycles. The van der Waals surface area contributed by atoms with Crippen LogP contribution in [0.5, 0.6) is 5.75 Å². The molecule has 25 heavy (non-hydrogen) atoms. The lowest BCUT2D eigenvalue weighted by molar-refractivity contribution is -0.121. The number of amides is 1. The molecule has 1 aliphatic heterocycles. The van der Waals surface area contributed by atoms with Crippen LogP contribution in [0.15, 0.2) is 36.5 Å². The number of carbonyl (C=O) groups is 1. The first-order valence-corrected chi connectivity index (χ1v) is 8.45. The first kappa shape index (κ1) is 15.7. The highest BCUT2D eigenvalue weighted by molar-refractivity contribution is 5.78. The molecule has 5 heteroatoms. The predicted octanol–water partition coefficient (Wildman–Crippen LogP) is 3.11. The van der Waals surface area contributed by atoms with Crippen molar-refractivity contribution in [2.24, 2.45) is 0 Å². The van der Waals surface area contributed by atoms with Gasteiger partial charge in [-0.25, -0.2) is 4.98 Å². The van der Waals surface area contributed by atoms with Crippen molar-refractivity contribution in [2.45, 2.75) is 32.7 Å². The molecule has 4 rings (SSSR count). The molecular weight excluding hydrogens is 314 g/mol. The summed E-state index contributed by atoms with van der Waals surface area (Å²) < 4.78 is 7.74. The fourth-order valence-corrected chi connectivity index (χ4v) is 3.62. The largest absolute Gasteiger partial charge is 0.496 e. The number of ether oxygens (including phenoxy) is 1. The number of pyridine rings is 1. The van der Waals surface area contributed by atoms with Gasteiger partial charge in [0.2, 0.25) is 5.91 Å². The van der Waals surface area contributed by atoms with Gasteiger partial charge in [0, 0.05) is 24.1 Å². The van der Waals surface area contributed by atoms with E-state index in [-0.39, 0.29) is 11.8 Å². The summed E-state index contributed by atoms with van der Waals surface area (Å²) in [5.74, 6) is 0.755. The zero-order chi connectivity index (χ0) is 17.6. The summed E-state index contributed by atoms with van der Waals surface area (Å²) >= 11 is 0. The topological polar surface area (TPSA) is 55.6 Å². The number of rotatable bonds is 2. The number of imidazole rings is 1. The minimum Gasteiger partial charge on any atom is -0.496 e. The molecule has 2 aromatic heterocycles. The molecule has 1 aromatic carbocycles. The number of aryl methyl sites for hydroxylation is 2. The molecule has 3 heterocycles. The number of benzene rings is 1. The number of aromatic nitrogens is 2. The van der Waals surface area contributed by atoms with Crippen LogP contribution in [-0.4, -0.2) is 22.4 Å². The van der Waals surface area contributed by atoms with Crippen LogP contribution in [0.2, 0.25) is 0 Å². The molecule has 0 saturated carbocycles. The van der Waals surface area contributed by atoms with Crippen LogP contribution in [-0.2, 0) is 11.3 Å². The van der Waals surface area contributed by atoms with Gasteiger partial charge in [-0.05, 0) is 37.1 Å². The number of fused-ring (bicyclic) bond motifs is 3. The van der Waals surface area contributed by atoms with Crippen molar-refractivity contribution in [3.8, 4) is 5.75 Å². The van der Waals surface area contributed by atoms with E-state index >= 15 is 0 Å². The van der Waals surface area contributed by atoms with E-state index < -0.39 is 0 Å². The summed E-state index contributed by atoms with van der Waals surface area (Å²) in [6, 6.07) is 10.2. The number of carbonyl (C=O) groups excluding carboxylic acids is 1.